The number of hydrogen-bond acceptors (Lipinski definition) is 2. The van der Waals surface area contributed by atoms with Crippen LogP contribution in [0.15, 0.2) is 0 Å². The lowest BCUT2D eigenvalue weighted by molar-refractivity contribution is -0.0173. The number of rotatable bonds is 1. The summed E-state index contributed by atoms with van der Waals surface area (Å²) in [7, 11) is 0. The fraction of sp³-hybridized carbons (Fsp3) is 1.00. The van der Waals surface area contributed by atoms with Crippen molar-refractivity contribution in [3.05, 3.63) is 0 Å². The maximum Gasteiger partial charge on any atom is 0.0773 e. The Labute approximate surface area is 85.3 Å². The van der Waals surface area contributed by atoms with Crippen molar-refractivity contribution in [2.45, 2.75) is 44.6 Å². The van der Waals surface area contributed by atoms with E-state index in [-0.39, 0.29) is 5.60 Å². The lowest BCUT2D eigenvalue weighted by Gasteiger charge is -2.37. The molecule has 1 nitrogen and oxygen atoms in total. The van der Waals surface area contributed by atoms with E-state index in [1.165, 1.54) is 31.4 Å². The zero-order chi connectivity index (χ0) is 9.31. The van der Waals surface area contributed by atoms with Crippen molar-refractivity contribution in [2.24, 2.45) is 11.8 Å². The third-order valence-electron chi connectivity index (χ3n) is 3.73. The van der Waals surface area contributed by atoms with Crippen molar-refractivity contribution in [3.8, 4) is 0 Å². The summed E-state index contributed by atoms with van der Waals surface area (Å²) in [5.41, 5.74) is -0.292. The summed E-state index contributed by atoms with van der Waals surface area (Å²) < 4.78 is 0. The molecule has 1 saturated carbocycles. The Kier molecular flexibility index (Phi) is 2.89. The van der Waals surface area contributed by atoms with Gasteiger partial charge in [-0.2, -0.15) is 11.8 Å². The molecule has 1 heterocycles. The highest BCUT2D eigenvalue weighted by Crippen LogP contribution is 2.42. The van der Waals surface area contributed by atoms with Gasteiger partial charge in [0.2, 0.25) is 0 Å². The molecule has 13 heavy (non-hydrogen) atoms. The third kappa shape index (κ3) is 2.04. The molecule has 0 spiro atoms. The zero-order valence-corrected chi connectivity index (χ0v) is 9.28. The Bertz CT molecular complexity index is 175. The van der Waals surface area contributed by atoms with Crippen LogP contribution in [0.5, 0.6) is 0 Å². The van der Waals surface area contributed by atoms with E-state index in [9.17, 15) is 5.11 Å². The molecule has 3 atom stereocenters. The van der Waals surface area contributed by atoms with Crippen LogP contribution in [0.2, 0.25) is 0 Å². The average Bonchev–Trinajstić information content (AvgIpc) is 2.54. The fourth-order valence-corrected chi connectivity index (χ4v) is 4.19. The van der Waals surface area contributed by atoms with Crippen molar-refractivity contribution < 1.29 is 5.11 Å². The van der Waals surface area contributed by atoms with Crippen molar-refractivity contribution in [3.63, 3.8) is 0 Å². The topological polar surface area (TPSA) is 20.2 Å². The second kappa shape index (κ2) is 3.82. The first-order valence-electron chi connectivity index (χ1n) is 5.51. The molecule has 0 amide bonds. The van der Waals surface area contributed by atoms with Gasteiger partial charge in [0.25, 0.3) is 0 Å². The van der Waals surface area contributed by atoms with Crippen LogP contribution >= 0.6 is 11.8 Å². The SMILES string of the molecule is CC1CCCC(C2(O)CCSC2)C1. The predicted molar refractivity (Wildman–Crippen MR) is 58.0 cm³/mol. The molecule has 0 aromatic heterocycles. The first-order chi connectivity index (χ1) is 6.21. The van der Waals surface area contributed by atoms with E-state index in [0.717, 1.165) is 18.1 Å². The largest absolute Gasteiger partial charge is 0.389 e. The molecule has 0 aromatic rings. The normalized spacial score (nSPS) is 46.6. The predicted octanol–water partition coefficient (Wildman–Crippen LogP) is 2.68. The van der Waals surface area contributed by atoms with Crippen molar-refractivity contribution in [1.82, 2.24) is 0 Å². The molecule has 1 aliphatic carbocycles. The molecule has 0 bridgehead atoms. The summed E-state index contributed by atoms with van der Waals surface area (Å²) in [5, 5.41) is 10.4. The minimum absolute atomic E-state index is 0.292. The van der Waals surface area contributed by atoms with Gasteiger partial charge in [0.05, 0.1) is 5.60 Å². The molecule has 0 radical (unpaired) electrons. The van der Waals surface area contributed by atoms with Gasteiger partial charge < -0.3 is 5.11 Å². The van der Waals surface area contributed by atoms with Gasteiger partial charge in [0.1, 0.15) is 0 Å². The van der Waals surface area contributed by atoms with Crippen molar-refractivity contribution in [1.29, 1.82) is 0 Å². The van der Waals surface area contributed by atoms with Crippen LogP contribution in [0, 0.1) is 11.8 Å². The van der Waals surface area contributed by atoms with E-state index < -0.39 is 0 Å². The van der Waals surface area contributed by atoms with Crippen LogP contribution in [0.4, 0.5) is 0 Å². The molecule has 2 fully saturated rings. The van der Waals surface area contributed by atoms with E-state index in [1.54, 1.807) is 0 Å². The molecule has 2 heteroatoms. The molecule has 2 rings (SSSR count). The summed E-state index contributed by atoms with van der Waals surface area (Å²) in [4.78, 5) is 0. The van der Waals surface area contributed by atoms with E-state index in [0.29, 0.717) is 5.92 Å². The van der Waals surface area contributed by atoms with Crippen LogP contribution in [-0.2, 0) is 0 Å². The Morgan fingerprint density at radius 2 is 2.23 bits per heavy atom. The second-order valence-electron chi connectivity index (χ2n) is 4.87. The standard InChI is InChI=1S/C11H20OS/c1-9-3-2-4-10(7-9)11(12)5-6-13-8-11/h9-10,12H,2-8H2,1H3. The van der Waals surface area contributed by atoms with Gasteiger partial charge in [-0.1, -0.05) is 19.8 Å². The highest BCUT2D eigenvalue weighted by atomic mass is 32.2. The Hall–Kier alpha value is 0.310. The quantitative estimate of drug-likeness (QED) is 0.702. The van der Waals surface area contributed by atoms with E-state index >= 15 is 0 Å². The Balaban J connectivity index is 1.98. The summed E-state index contributed by atoms with van der Waals surface area (Å²) in [6.07, 6.45) is 6.27. The van der Waals surface area contributed by atoms with Gasteiger partial charge in [0, 0.05) is 5.75 Å². The van der Waals surface area contributed by atoms with Gasteiger partial charge >= 0.3 is 0 Å². The van der Waals surface area contributed by atoms with E-state index in [4.69, 9.17) is 0 Å². The maximum atomic E-state index is 10.4. The molecule has 0 aromatic carbocycles. The van der Waals surface area contributed by atoms with Gasteiger partial charge in [-0.15, -0.1) is 0 Å². The van der Waals surface area contributed by atoms with Crippen LogP contribution in [0.3, 0.4) is 0 Å². The summed E-state index contributed by atoms with van der Waals surface area (Å²) in [5.74, 6) is 3.60. The number of hydrogen-bond donors (Lipinski definition) is 1. The number of aliphatic hydroxyl groups is 1. The van der Waals surface area contributed by atoms with Gasteiger partial charge in [0.15, 0.2) is 0 Å². The summed E-state index contributed by atoms with van der Waals surface area (Å²) in [6, 6.07) is 0. The minimum Gasteiger partial charge on any atom is -0.389 e. The van der Waals surface area contributed by atoms with Crippen molar-refractivity contribution >= 4 is 11.8 Å². The second-order valence-corrected chi connectivity index (χ2v) is 5.98. The molecule has 1 saturated heterocycles. The average molecular weight is 200 g/mol. The molecule has 76 valence electrons. The highest BCUT2D eigenvalue weighted by Gasteiger charge is 2.41. The van der Waals surface area contributed by atoms with Crippen LogP contribution in [0.25, 0.3) is 0 Å². The van der Waals surface area contributed by atoms with Crippen LogP contribution in [-0.4, -0.2) is 22.2 Å². The highest BCUT2D eigenvalue weighted by molar-refractivity contribution is 7.99. The monoisotopic (exact) mass is 200 g/mol. The van der Waals surface area contributed by atoms with Crippen LogP contribution < -0.4 is 0 Å². The molecule has 1 aliphatic heterocycles. The molecular formula is C11H20OS. The lowest BCUT2D eigenvalue weighted by atomic mass is 9.73. The zero-order valence-electron chi connectivity index (χ0n) is 8.46. The Morgan fingerprint density at radius 1 is 1.38 bits per heavy atom. The first-order valence-corrected chi connectivity index (χ1v) is 6.66. The first kappa shape index (κ1) is 9.85. The molecule has 2 aliphatic rings. The third-order valence-corrected chi connectivity index (χ3v) is 4.92. The van der Waals surface area contributed by atoms with Gasteiger partial charge in [-0.25, -0.2) is 0 Å². The maximum absolute atomic E-state index is 10.4. The van der Waals surface area contributed by atoms with Crippen LogP contribution in [0.1, 0.15) is 39.0 Å². The Morgan fingerprint density at radius 3 is 2.85 bits per heavy atom. The van der Waals surface area contributed by atoms with Gasteiger partial charge in [-0.05, 0) is 36.9 Å². The molecule has 3 unspecified atom stereocenters. The fourth-order valence-electron chi connectivity index (χ4n) is 2.81. The smallest absolute Gasteiger partial charge is 0.0773 e. The molecule has 1 N–H and O–H groups in total. The summed E-state index contributed by atoms with van der Waals surface area (Å²) >= 11 is 1.93. The molecular weight excluding hydrogens is 180 g/mol. The van der Waals surface area contributed by atoms with Gasteiger partial charge in [-0.3, -0.25) is 0 Å². The van der Waals surface area contributed by atoms with Crippen molar-refractivity contribution in [2.75, 3.05) is 11.5 Å². The number of thioether (sulfide) groups is 1. The lowest BCUT2D eigenvalue weighted by Crippen LogP contribution is -2.40. The van der Waals surface area contributed by atoms with E-state index in [2.05, 4.69) is 6.92 Å². The summed E-state index contributed by atoms with van der Waals surface area (Å²) in [6.45, 7) is 2.33. The minimum atomic E-state index is -0.292. The van der Waals surface area contributed by atoms with E-state index in [1.807, 2.05) is 11.8 Å².